The Kier molecular flexibility index (Phi) is 4.67. The average Bonchev–Trinajstić information content (AvgIpc) is 2.57. The van der Waals surface area contributed by atoms with Crippen LogP contribution >= 0.6 is 11.6 Å². The van der Waals surface area contributed by atoms with Crippen molar-refractivity contribution in [3.63, 3.8) is 0 Å². The van der Waals surface area contributed by atoms with Crippen molar-refractivity contribution in [1.29, 1.82) is 0 Å². The summed E-state index contributed by atoms with van der Waals surface area (Å²) >= 11 is 5.87. The fraction of sp³-hybridized carbons (Fsp3) is 0.0588. The molecule has 0 unspecified atom stereocenters. The van der Waals surface area contributed by atoms with E-state index in [1.165, 1.54) is 13.1 Å². The Morgan fingerprint density at radius 2 is 1.83 bits per heavy atom. The van der Waals surface area contributed by atoms with Gasteiger partial charge in [0.25, 0.3) is 0 Å². The van der Waals surface area contributed by atoms with Gasteiger partial charge in [-0.05, 0) is 43.3 Å². The minimum absolute atomic E-state index is 0.00384. The molecule has 2 N–H and O–H groups in total. The molecule has 3 aromatic rings. The molecule has 1 heterocycles. The first kappa shape index (κ1) is 15.9. The number of ketones is 1. The molecule has 0 radical (unpaired) electrons. The lowest BCUT2D eigenvalue weighted by Crippen LogP contribution is -2.03. The molecule has 0 amide bonds. The molecule has 0 spiro atoms. The van der Waals surface area contributed by atoms with Crippen molar-refractivity contribution >= 4 is 40.5 Å². The molecule has 0 fully saturated rings. The quantitative estimate of drug-likeness (QED) is 0.678. The summed E-state index contributed by atoms with van der Waals surface area (Å²) in [4.78, 5) is 15.8. The molecule has 0 aliphatic rings. The van der Waals surface area contributed by atoms with Gasteiger partial charge in [-0.1, -0.05) is 23.7 Å². The summed E-state index contributed by atoms with van der Waals surface area (Å²) in [7, 11) is 0. The summed E-state index contributed by atoms with van der Waals surface area (Å²) in [5.41, 5.74) is 2.17. The third-order valence-corrected chi connectivity index (χ3v) is 3.45. The first-order valence-corrected chi connectivity index (χ1v) is 7.58. The molecule has 0 saturated carbocycles. The predicted octanol–water partition coefficient (Wildman–Crippen LogP) is 4.21. The molecule has 7 heteroatoms. The highest BCUT2D eigenvalue weighted by atomic mass is 35.5. The highest BCUT2D eigenvalue weighted by Gasteiger charge is 2.04. The van der Waals surface area contributed by atoms with E-state index in [4.69, 9.17) is 11.6 Å². The van der Waals surface area contributed by atoms with Crippen molar-refractivity contribution in [3.8, 4) is 0 Å². The Morgan fingerprint density at radius 3 is 2.58 bits per heavy atom. The van der Waals surface area contributed by atoms with E-state index < -0.39 is 0 Å². The summed E-state index contributed by atoms with van der Waals surface area (Å²) in [5.74, 6) is 0.864. The molecule has 1 aromatic heterocycles. The molecule has 3 rings (SSSR count). The predicted molar refractivity (Wildman–Crippen MR) is 94.3 cm³/mol. The Bertz CT molecular complexity index is 867. The zero-order valence-electron chi connectivity index (χ0n) is 12.8. The van der Waals surface area contributed by atoms with Crippen molar-refractivity contribution in [2.45, 2.75) is 6.92 Å². The number of benzene rings is 2. The van der Waals surface area contributed by atoms with E-state index >= 15 is 0 Å². The third-order valence-electron chi connectivity index (χ3n) is 3.20. The van der Waals surface area contributed by atoms with Crippen LogP contribution in [0.15, 0.2) is 54.7 Å². The first-order valence-electron chi connectivity index (χ1n) is 7.20. The Hall–Kier alpha value is -2.99. The summed E-state index contributed by atoms with van der Waals surface area (Å²) < 4.78 is 0. The monoisotopic (exact) mass is 339 g/mol. The Balaban J connectivity index is 1.76. The number of hydrogen-bond acceptors (Lipinski definition) is 6. The fourth-order valence-corrected chi connectivity index (χ4v) is 2.17. The van der Waals surface area contributed by atoms with Crippen LogP contribution in [-0.2, 0) is 0 Å². The zero-order valence-corrected chi connectivity index (χ0v) is 13.6. The Labute approximate surface area is 143 Å². The van der Waals surface area contributed by atoms with Crippen molar-refractivity contribution in [3.05, 3.63) is 65.3 Å². The number of carbonyl (C=O) groups excluding carboxylic acids is 1. The van der Waals surface area contributed by atoms with Gasteiger partial charge in [0.2, 0.25) is 5.95 Å². The number of Topliss-reactive ketones (excluding diaryl/α,β-unsaturated/α-hetero) is 1. The van der Waals surface area contributed by atoms with E-state index in [1.54, 1.807) is 30.3 Å². The summed E-state index contributed by atoms with van der Waals surface area (Å²) in [6, 6.07) is 14.4. The molecule has 0 saturated heterocycles. The number of carbonyl (C=O) groups is 1. The minimum Gasteiger partial charge on any atom is -0.339 e. The fourth-order valence-electron chi connectivity index (χ4n) is 2.04. The van der Waals surface area contributed by atoms with Gasteiger partial charge >= 0.3 is 0 Å². The highest BCUT2D eigenvalue weighted by molar-refractivity contribution is 6.30. The summed E-state index contributed by atoms with van der Waals surface area (Å²) in [6.07, 6.45) is 1.52. The number of halogens is 1. The topological polar surface area (TPSA) is 79.8 Å². The van der Waals surface area contributed by atoms with Gasteiger partial charge in [-0.3, -0.25) is 4.79 Å². The third kappa shape index (κ3) is 4.05. The van der Waals surface area contributed by atoms with Gasteiger partial charge in [-0.15, -0.1) is 5.10 Å². The number of aromatic nitrogens is 3. The maximum Gasteiger partial charge on any atom is 0.249 e. The van der Waals surface area contributed by atoms with Gasteiger partial charge in [0.15, 0.2) is 11.6 Å². The van der Waals surface area contributed by atoms with E-state index in [-0.39, 0.29) is 5.78 Å². The van der Waals surface area contributed by atoms with E-state index in [0.29, 0.717) is 28.0 Å². The van der Waals surface area contributed by atoms with Crippen LogP contribution in [0.5, 0.6) is 0 Å². The van der Waals surface area contributed by atoms with Crippen LogP contribution in [0.2, 0.25) is 5.02 Å². The Morgan fingerprint density at radius 1 is 1.04 bits per heavy atom. The van der Waals surface area contributed by atoms with Gasteiger partial charge in [0.1, 0.15) is 0 Å². The van der Waals surface area contributed by atoms with Crippen molar-refractivity contribution in [1.82, 2.24) is 15.2 Å². The van der Waals surface area contributed by atoms with Gasteiger partial charge in [-0.25, -0.2) is 0 Å². The van der Waals surface area contributed by atoms with Crippen LogP contribution in [0, 0.1) is 0 Å². The molecule has 0 bridgehead atoms. The van der Waals surface area contributed by atoms with Crippen LogP contribution in [0.25, 0.3) is 0 Å². The largest absolute Gasteiger partial charge is 0.339 e. The molecule has 0 aliphatic carbocycles. The maximum absolute atomic E-state index is 11.4. The maximum atomic E-state index is 11.4. The SMILES string of the molecule is CC(=O)c1cccc(Nc2nncc(Nc3ccc(Cl)cc3)n2)c1. The van der Waals surface area contributed by atoms with Gasteiger partial charge in [0.05, 0.1) is 6.20 Å². The zero-order chi connectivity index (χ0) is 16.9. The molecule has 0 aliphatic heterocycles. The number of hydrogen-bond donors (Lipinski definition) is 2. The van der Waals surface area contributed by atoms with E-state index in [0.717, 1.165) is 5.69 Å². The molecular formula is C17H14ClN5O. The molecule has 120 valence electrons. The van der Waals surface area contributed by atoms with E-state index in [1.807, 2.05) is 18.2 Å². The lowest BCUT2D eigenvalue weighted by atomic mass is 10.1. The minimum atomic E-state index is -0.00384. The van der Waals surface area contributed by atoms with Crippen molar-refractivity contribution < 1.29 is 4.79 Å². The van der Waals surface area contributed by atoms with Crippen molar-refractivity contribution in [2.24, 2.45) is 0 Å². The number of rotatable bonds is 5. The van der Waals surface area contributed by atoms with Crippen LogP contribution in [0.4, 0.5) is 23.1 Å². The summed E-state index contributed by atoms with van der Waals surface area (Å²) in [5, 5.41) is 14.7. The molecule has 0 atom stereocenters. The van der Waals surface area contributed by atoms with E-state index in [2.05, 4.69) is 25.8 Å². The highest BCUT2D eigenvalue weighted by Crippen LogP contribution is 2.19. The number of anilines is 4. The van der Waals surface area contributed by atoms with Crippen LogP contribution in [0.1, 0.15) is 17.3 Å². The number of nitrogens with one attached hydrogen (secondary N) is 2. The average molecular weight is 340 g/mol. The second-order valence-electron chi connectivity index (χ2n) is 5.06. The summed E-state index contributed by atoms with van der Waals surface area (Å²) in [6.45, 7) is 1.52. The lowest BCUT2D eigenvalue weighted by Gasteiger charge is -2.08. The standard InChI is InChI=1S/C17H14ClN5O/c1-11(24)12-3-2-4-15(9-12)21-17-22-16(10-19-23-17)20-14-7-5-13(18)6-8-14/h2-10H,1H3,(H2,20,21,22,23). The van der Waals surface area contributed by atoms with Gasteiger partial charge in [0, 0.05) is 22.0 Å². The first-order chi connectivity index (χ1) is 11.6. The number of nitrogens with zero attached hydrogens (tertiary/aromatic N) is 3. The lowest BCUT2D eigenvalue weighted by molar-refractivity contribution is 0.101. The molecule has 24 heavy (non-hydrogen) atoms. The van der Waals surface area contributed by atoms with Crippen molar-refractivity contribution in [2.75, 3.05) is 10.6 Å². The second kappa shape index (κ2) is 7.06. The normalized spacial score (nSPS) is 10.2. The van der Waals surface area contributed by atoms with Gasteiger partial charge < -0.3 is 10.6 Å². The smallest absolute Gasteiger partial charge is 0.249 e. The second-order valence-corrected chi connectivity index (χ2v) is 5.50. The van der Waals surface area contributed by atoms with Gasteiger partial charge in [-0.2, -0.15) is 10.1 Å². The van der Waals surface area contributed by atoms with E-state index in [9.17, 15) is 4.79 Å². The van der Waals surface area contributed by atoms with Crippen LogP contribution in [0.3, 0.4) is 0 Å². The van der Waals surface area contributed by atoms with Crippen LogP contribution in [-0.4, -0.2) is 21.0 Å². The molecular weight excluding hydrogens is 326 g/mol. The molecule has 2 aromatic carbocycles. The van der Waals surface area contributed by atoms with Crippen LogP contribution < -0.4 is 10.6 Å². The molecule has 6 nitrogen and oxygen atoms in total.